The third-order valence-corrected chi connectivity index (χ3v) is 2.97. The molecule has 2 rings (SSSR count). The van der Waals surface area contributed by atoms with E-state index < -0.39 is 0 Å². The minimum atomic E-state index is 0.862. The Hall–Kier alpha value is -1.50. The summed E-state index contributed by atoms with van der Waals surface area (Å²) in [6.45, 7) is 4.28. The fourth-order valence-electron chi connectivity index (χ4n) is 2.13. The van der Waals surface area contributed by atoms with Crippen molar-refractivity contribution in [1.82, 2.24) is 0 Å². The van der Waals surface area contributed by atoms with Crippen molar-refractivity contribution in [2.45, 2.75) is 20.3 Å². The Kier molecular flexibility index (Phi) is 3.14. The summed E-state index contributed by atoms with van der Waals surface area (Å²) in [5, 5.41) is 0. The lowest BCUT2D eigenvalue weighted by Gasteiger charge is -2.13. The molecule has 0 nitrogen and oxygen atoms in total. The van der Waals surface area contributed by atoms with E-state index in [-0.39, 0.29) is 0 Å². The van der Waals surface area contributed by atoms with Gasteiger partial charge in [0, 0.05) is 0 Å². The van der Waals surface area contributed by atoms with Gasteiger partial charge >= 0.3 is 0 Å². The van der Waals surface area contributed by atoms with Crippen LogP contribution < -0.4 is 5.46 Å². The third kappa shape index (κ3) is 1.90. The van der Waals surface area contributed by atoms with Crippen LogP contribution in [-0.2, 0) is 6.42 Å². The van der Waals surface area contributed by atoms with Crippen molar-refractivity contribution in [3.8, 4) is 11.1 Å². The molecule has 0 heterocycles. The predicted octanol–water partition coefficient (Wildman–Crippen LogP) is 3.02. The van der Waals surface area contributed by atoms with E-state index in [1.54, 1.807) is 0 Å². The van der Waals surface area contributed by atoms with Crippen molar-refractivity contribution >= 4 is 13.3 Å². The van der Waals surface area contributed by atoms with Gasteiger partial charge in [-0.1, -0.05) is 54.9 Å². The van der Waals surface area contributed by atoms with Crippen LogP contribution in [0.3, 0.4) is 0 Å². The molecule has 2 radical (unpaired) electrons. The molecular weight excluding hydrogens is 191 g/mol. The van der Waals surface area contributed by atoms with Gasteiger partial charge in [-0.05, 0) is 35.6 Å². The summed E-state index contributed by atoms with van der Waals surface area (Å²) in [6, 6.07) is 14.5. The van der Waals surface area contributed by atoms with Crippen LogP contribution in [0, 0.1) is 6.92 Å². The Bertz CT molecular complexity index is 480. The summed E-state index contributed by atoms with van der Waals surface area (Å²) in [6.07, 6.45) is 1.03. The summed E-state index contributed by atoms with van der Waals surface area (Å²) in [5.74, 6) is 0. The molecule has 0 aliphatic rings. The molecule has 0 spiro atoms. The SMILES string of the molecule is [B]c1cccc(C)c1-c1ccccc1CC. The van der Waals surface area contributed by atoms with Crippen LogP contribution in [0.2, 0.25) is 0 Å². The molecule has 0 bridgehead atoms. The maximum atomic E-state index is 6.08. The van der Waals surface area contributed by atoms with Gasteiger partial charge in [0.15, 0.2) is 0 Å². The molecule has 0 saturated heterocycles. The number of hydrogen-bond donors (Lipinski definition) is 0. The van der Waals surface area contributed by atoms with Gasteiger partial charge in [0.25, 0.3) is 0 Å². The van der Waals surface area contributed by atoms with Gasteiger partial charge in [-0.3, -0.25) is 0 Å². The molecule has 0 saturated carbocycles. The Balaban J connectivity index is 2.67. The zero-order valence-corrected chi connectivity index (χ0v) is 9.83. The maximum absolute atomic E-state index is 6.08. The molecule has 1 heteroatoms. The van der Waals surface area contributed by atoms with Crippen molar-refractivity contribution in [3.05, 3.63) is 53.6 Å². The molecule has 0 fully saturated rings. The Morgan fingerprint density at radius 3 is 2.44 bits per heavy atom. The second-order valence-corrected chi connectivity index (χ2v) is 4.05. The molecule has 0 amide bonds. The van der Waals surface area contributed by atoms with E-state index >= 15 is 0 Å². The maximum Gasteiger partial charge on any atom is 0.114 e. The molecule has 16 heavy (non-hydrogen) atoms. The van der Waals surface area contributed by atoms with Crippen molar-refractivity contribution in [3.63, 3.8) is 0 Å². The third-order valence-electron chi connectivity index (χ3n) is 2.97. The normalized spacial score (nSPS) is 10.4. The predicted molar refractivity (Wildman–Crippen MR) is 71.4 cm³/mol. The molecule has 78 valence electrons. The van der Waals surface area contributed by atoms with Gasteiger partial charge in [-0.25, -0.2) is 0 Å². The fraction of sp³-hybridized carbons (Fsp3) is 0.200. The van der Waals surface area contributed by atoms with E-state index in [1.165, 1.54) is 22.3 Å². The Morgan fingerprint density at radius 1 is 1.00 bits per heavy atom. The first-order valence-corrected chi connectivity index (χ1v) is 5.67. The minimum Gasteiger partial charge on any atom is -0.0887 e. The zero-order valence-electron chi connectivity index (χ0n) is 9.83. The van der Waals surface area contributed by atoms with Crippen LogP contribution >= 0.6 is 0 Å². The highest BCUT2D eigenvalue weighted by atomic mass is 14.1. The fourth-order valence-corrected chi connectivity index (χ4v) is 2.13. The van der Waals surface area contributed by atoms with E-state index in [1.807, 2.05) is 12.1 Å². The molecule has 0 unspecified atom stereocenters. The largest absolute Gasteiger partial charge is 0.114 e. The molecule has 0 aliphatic heterocycles. The highest BCUT2D eigenvalue weighted by Crippen LogP contribution is 2.25. The zero-order chi connectivity index (χ0) is 11.5. The van der Waals surface area contributed by atoms with Crippen molar-refractivity contribution in [2.75, 3.05) is 0 Å². The molecule has 0 aliphatic carbocycles. The Labute approximate surface area is 98.7 Å². The first-order valence-electron chi connectivity index (χ1n) is 5.67. The summed E-state index contributed by atoms with van der Waals surface area (Å²) >= 11 is 0. The number of rotatable bonds is 2. The van der Waals surface area contributed by atoms with Crippen molar-refractivity contribution < 1.29 is 0 Å². The topological polar surface area (TPSA) is 0 Å². The monoisotopic (exact) mass is 206 g/mol. The van der Waals surface area contributed by atoms with Crippen LogP contribution in [-0.4, -0.2) is 7.85 Å². The van der Waals surface area contributed by atoms with Gasteiger partial charge in [0.1, 0.15) is 7.85 Å². The Morgan fingerprint density at radius 2 is 1.75 bits per heavy atom. The second-order valence-electron chi connectivity index (χ2n) is 4.05. The summed E-state index contributed by atoms with van der Waals surface area (Å²) in [7, 11) is 6.08. The lowest BCUT2D eigenvalue weighted by molar-refractivity contribution is 1.14. The van der Waals surface area contributed by atoms with E-state index in [4.69, 9.17) is 7.85 Å². The van der Waals surface area contributed by atoms with E-state index in [0.717, 1.165) is 11.9 Å². The first kappa shape index (κ1) is 11.0. The van der Waals surface area contributed by atoms with Gasteiger partial charge in [-0.2, -0.15) is 0 Å². The second kappa shape index (κ2) is 4.57. The average molecular weight is 206 g/mol. The number of aryl methyl sites for hydroxylation is 2. The number of benzene rings is 2. The summed E-state index contributed by atoms with van der Waals surface area (Å²) in [4.78, 5) is 0. The summed E-state index contributed by atoms with van der Waals surface area (Å²) < 4.78 is 0. The number of hydrogen-bond acceptors (Lipinski definition) is 0. The standard InChI is InChI=1S/C15H15B/c1-3-12-8-4-5-9-13(12)15-11(2)7-6-10-14(15)16/h4-10H,3H2,1-2H3. The quantitative estimate of drug-likeness (QED) is 0.662. The van der Waals surface area contributed by atoms with Gasteiger partial charge in [0.05, 0.1) is 0 Å². The van der Waals surface area contributed by atoms with Gasteiger partial charge < -0.3 is 0 Å². The minimum absolute atomic E-state index is 0.862. The van der Waals surface area contributed by atoms with Crippen molar-refractivity contribution in [1.29, 1.82) is 0 Å². The lowest BCUT2D eigenvalue weighted by atomic mass is 9.83. The highest BCUT2D eigenvalue weighted by Gasteiger charge is 2.07. The molecular formula is C15H15B. The van der Waals surface area contributed by atoms with Crippen LogP contribution in [0.4, 0.5) is 0 Å². The molecule has 0 N–H and O–H groups in total. The van der Waals surface area contributed by atoms with E-state index in [2.05, 4.69) is 44.2 Å². The van der Waals surface area contributed by atoms with Crippen LogP contribution in [0.15, 0.2) is 42.5 Å². The molecule has 2 aromatic carbocycles. The van der Waals surface area contributed by atoms with E-state index in [9.17, 15) is 0 Å². The highest BCUT2D eigenvalue weighted by molar-refractivity contribution is 6.36. The molecule has 0 atom stereocenters. The van der Waals surface area contributed by atoms with Crippen LogP contribution in [0.25, 0.3) is 11.1 Å². The first-order chi connectivity index (χ1) is 7.74. The van der Waals surface area contributed by atoms with Gasteiger partial charge in [-0.15, -0.1) is 0 Å². The average Bonchev–Trinajstić information content (AvgIpc) is 2.29. The lowest BCUT2D eigenvalue weighted by Crippen LogP contribution is -2.09. The summed E-state index contributed by atoms with van der Waals surface area (Å²) in [5.41, 5.74) is 5.89. The molecule has 2 aromatic rings. The van der Waals surface area contributed by atoms with Crippen LogP contribution in [0.5, 0.6) is 0 Å². The van der Waals surface area contributed by atoms with E-state index in [0.29, 0.717) is 0 Å². The van der Waals surface area contributed by atoms with Crippen molar-refractivity contribution in [2.24, 2.45) is 0 Å². The van der Waals surface area contributed by atoms with Gasteiger partial charge in [0.2, 0.25) is 0 Å². The van der Waals surface area contributed by atoms with Crippen LogP contribution in [0.1, 0.15) is 18.1 Å². The smallest absolute Gasteiger partial charge is 0.0887 e. The molecule has 0 aromatic heterocycles.